The van der Waals surface area contributed by atoms with Crippen molar-refractivity contribution in [1.82, 2.24) is 0 Å². The lowest BCUT2D eigenvalue weighted by atomic mass is 9.85. The van der Waals surface area contributed by atoms with Gasteiger partial charge in [-0.3, -0.25) is 14.4 Å². The van der Waals surface area contributed by atoms with Gasteiger partial charge in [0.05, 0.1) is 17.7 Å². The lowest BCUT2D eigenvalue weighted by Crippen LogP contribution is -2.24. The molecule has 1 unspecified atom stereocenters. The maximum absolute atomic E-state index is 12.2. The van der Waals surface area contributed by atoms with Gasteiger partial charge in [-0.25, -0.2) is 0 Å². The molecule has 6 nitrogen and oxygen atoms in total. The Morgan fingerprint density at radius 1 is 1.35 bits per heavy atom. The van der Waals surface area contributed by atoms with E-state index in [1.807, 2.05) is 17.5 Å². The van der Waals surface area contributed by atoms with Crippen molar-refractivity contribution in [3.05, 3.63) is 39.6 Å². The largest absolute Gasteiger partial charge is 0.495 e. The second-order valence-electron chi connectivity index (χ2n) is 6.15. The molecule has 0 saturated heterocycles. The van der Waals surface area contributed by atoms with Gasteiger partial charge < -0.3 is 15.4 Å². The molecule has 1 aliphatic heterocycles. The number of hydrogen-bond acceptors (Lipinski definition) is 5. The lowest BCUT2D eigenvalue weighted by molar-refractivity contribution is -0.117. The zero-order chi connectivity index (χ0) is 18.8. The quantitative estimate of drug-likeness (QED) is 0.782. The highest BCUT2D eigenvalue weighted by atomic mass is 32.1. The van der Waals surface area contributed by atoms with Crippen molar-refractivity contribution in [3.8, 4) is 5.75 Å². The number of carbonyl (C=O) groups excluding carboxylic acids is 3. The molecule has 1 aliphatic rings. The molecule has 0 fully saturated rings. The Kier molecular flexibility index (Phi) is 5.08. The molecule has 7 heteroatoms. The number of Topliss-reactive ketones (excluding diaryl/α,β-unsaturated/α-hetero) is 1. The summed E-state index contributed by atoms with van der Waals surface area (Å²) >= 11 is 1.38. The van der Waals surface area contributed by atoms with Crippen LogP contribution in [0, 0.1) is 0 Å². The minimum atomic E-state index is -0.159. The van der Waals surface area contributed by atoms with Gasteiger partial charge in [-0.2, -0.15) is 0 Å². The van der Waals surface area contributed by atoms with E-state index in [4.69, 9.17) is 4.74 Å². The first kappa shape index (κ1) is 18.1. The van der Waals surface area contributed by atoms with Crippen LogP contribution in [0.4, 0.5) is 11.4 Å². The van der Waals surface area contributed by atoms with E-state index in [0.717, 1.165) is 11.1 Å². The molecule has 3 rings (SSSR count). The molecule has 0 bridgehead atoms. The standard InChI is InChI=1S/C19H20N2O4S/c1-4-18(23)21-15-8-14-13(6-16(15)25-3)12(7-19(24)20-14)11-5-17(10(2)22)26-9-11/h5-6,8-9,12H,4,7H2,1-3H3,(H,20,24)(H,21,23). The van der Waals surface area contributed by atoms with Crippen molar-refractivity contribution in [2.24, 2.45) is 0 Å². The number of benzene rings is 1. The summed E-state index contributed by atoms with van der Waals surface area (Å²) in [5.74, 6) is 0.153. The van der Waals surface area contributed by atoms with Gasteiger partial charge in [0.1, 0.15) is 5.75 Å². The fourth-order valence-corrected chi connectivity index (χ4v) is 3.87. The number of amides is 2. The average molecular weight is 372 g/mol. The molecule has 1 aromatic heterocycles. The fourth-order valence-electron chi connectivity index (χ4n) is 3.01. The number of anilines is 2. The molecule has 1 atom stereocenters. The van der Waals surface area contributed by atoms with Crippen LogP contribution >= 0.6 is 11.3 Å². The predicted molar refractivity (Wildman–Crippen MR) is 101 cm³/mol. The van der Waals surface area contributed by atoms with Crippen LogP contribution in [-0.4, -0.2) is 24.7 Å². The summed E-state index contributed by atoms with van der Waals surface area (Å²) in [5, 5.41) is 7.57. The van der Waals surface area contributed by atoms with Crippen molar-refractivity contribution in [1.29, 1.82) is 0 Å². The Labute approximate surface area is 155 Å². The van der Waals surface area contributed by atoms with E-state index in [9.17, 15) is 14.4 Å². The number of fused-ring (bicyclic) bond motifs is 1. The first-order chi connectivity index (χ1) is 12.4. The third-order valence-electron chi connectivity index (χ3n) is 4.37. The Balaban J connectivity index is 2.05. The maximum atomic E-state index is 12.2. The van der Waals surface area contributed by atoms with E-state index in [0.29, 0.717) is 34.8 Å². The van der Waals surface area contributed by atoms with Gasteiger partial charge >= 0.3 is 0 Å². The number of hydrogen-bond donors (Lipinski definition) is 2. The van der Waals surface area contributed by atoms with Crippen LogP contribution in [0.2, 0.25) is 0 Å². The molecule has 2 N–H and O–H groups in total. The highest BCUT2D eigenvalue weighted by molar-refractivity contribution is 7.12. The minimum absolute atomic E-state index is 0.0111. The van der Waals surface area contributed by atoms with Crippen LogP contribution in [0.5, 0.6) is 5.75 Å². The topological polar surface area (TPSA) is 84.5 Å². The van der Waals surface area contributed by atoms with Gasteiger partial charge in [0.15, 0.2) is 5.78 Å². The third-order valence-corrected chi connectivity index (χ3v) is 5.42. The van der Waals surface area contributed by atoms with E-state index in [1.165, 1.54) is 25.4 Å². The van der Waals surface area contributed by atoms with Crippen LogP contribution in [0.3, 0.4) is 0 Å². The predicted octanol–water partition coefficient (Wildman–Crippen LogP) is 3.78. The molecule has 1 aromatic carbocycles. The highest BCUT2D eigenvalue weighted by Crippen LogP contribution is 2.43. The van der Waals surface area contributed by atoms with Crippen LogP contribution in [0.15, 0.2) is 23.6 Å². The first-order valence-electron chi connectivity index (χ1n) is 8.34. The van der Waals surface area contributed by atoms with Gasteiger partial charge in [0, 0.05) is 24.4 Å². The van der Waals surface area contributed by atoms with E-state index in [1.54, 1.807) is 13.0 Å². The van der Waals surface area contributed by atoms with Crippen molar-refractivity contribution in [3.63, 3.8) is 0 Å². The van der Waals surface area contributed by atoms with Crippen LogP contribution in [0.1, 0.15) is 53.4 Å². The molecular weight excluding hydrogens is 352 g/mol. The number of rotatable bonds is 5. The van der Waals surface area contributed by atoms with Gasteiger partial charge in [0.2, 0.25) is 11.8 Å². The lowest BCUT2D eigenvalue weighted by Gasteiger charge is -2.27. The van der Waals surface area contributed by atoms with Gasteiger partial charge in [-0.05, 0) is 41.6 Å². The Hall–Kier alpha value is -2.67. The van der Waals surface area contributed by atoms with Crippen LogP contribution < -0.4 is 15.4 Å². The number of thiophene rings is 1. The molecule has 136 valence electrons. The van der Waals surface area contributed by atoms with E-state index >= 15 is 0 Å². The Morgan fingerprint density at radius 2 is 2.12 bits per heavy atom. The van der Waals surface area contributed by atoms with Crippen molar-refractivity contribution in [2.45, 2.75) is 32.6 Å². The highest BCUT2D eigenvalue weighted by Gasteiger charge is 2.29. The summed E-state index contributed by atoms with van der Waals surface area (Å²) in [6.07, 6.45) is 0.642. The zero-order valence-corrected chi connectivity index (χ0v) is 15.7. The van der Waals surface area contributed by atoms with E-state index in [-0.39, 0.29) is 23.5 Å². The molecular formula is C19H20N2O4S. The summed E-state index contributed by atoms with van der Waals surface area (Å²) in [7, 11) is 1.54. The van der Waals surface area contributed by atoms with Crippen molar-refractivity contribution < 1.29 is 19.1 Å². The number of carbonyl (C=O) groups is 3. The second-order valence-corrected chi connectivity index (χ2v) is 7.06. The van der Waals surface area contributed by atoms with Gasteiger partial charge in [-0.1, -0.05) is 6.92 Å². The van der Waals surface area contributed by atoms with E-state index in [2.05, 4.69) is 10.6 Å². The normalized spacial score (nSPS) is 15.8. The zero-order valence-electron chi connectivity index (χ0n) is 14.8. The Bertz CT molecular complexity index is 888. The summed E-state index contributed by atoms with van der Waals surface area (Å²) < 4.78 is 5.43. The smallest absolute Gasteiger partial charge is 0.225 e. The van der Waals surface area contributed by atoms with Crippen molar-refractivity contribution >= 4 is 40.3 Å². The molecule has 0 radical (unpaired) electrons. The fraction of sp³-hybridized carbons (Fsp3) is 0.316. The molecule has 2 heterocycles. The SMILES string of the molecule is CCC(=O)Nc1cc2c(cc1OC)C(c1csc(C(C)=O)c1)CC(=O)N2. The number of methoxy groups -OCH3 is 1. The first-order valence-corrected chi connectivity index (χ1v) is 9.21. The minimum Gasteiger partial charge on any atom is -0.495 e. The molecule has 2 amide bonds. The van der Waals surface area contributed by atoms with Gasteiger partial charge in [-0.15, -0.1) is 11.3 Å². The summed E-state index contributed by atoms with van der Waals surface area (Å²) in [6, 6.07) is 5.42. The monoisotopic (exact) mass is 372 g/mol. The molecule has 0 saturated carbocycles. The third kappa shape index (κ3) is 3.48. The Morgan fingerprint density at radius 3 is 2.73 bits per heavy atom. The van der Waals surface area contributed by atoms with Crippen LogP contribution in [-0.2, 0) is 9.59 Å². The second kappa shape index (κ2) is 7.29. The van der Waals surface area contributed by atoms with Crippen molar-refractivity contribution in [2.75, 3.05) is 17.7 Å². The molecule has 0 aliphatic carbocycles. The number of ketones is 1. The van der Waals surface area contributed by atoms with Gasteiger partial charge in [0.25, 0.3) is 0 Å². The maximum Gasteiger partial charge on any atom is 0.225 e. The summed E-state index contributed by atoms with van der Waals surface area (Å²) in [4.78, 5) is 36.2. The number of nitrogens with one attached hydrogen (secondary N) is 2. The number of ether oxygens (including phenoxy) is 1. The van der Waals surface area contributed by atoms with E-state index < -0.39 is 0 Å². The summed E-state index contributed by atoms with van der Waals surface area (Å²) in [6.45, 7) is 3.30. The van der Waals surface area contributed by atoms with Crippen LogP contribution in [0.25, 0.3) is 0 Å². The summed E-state index contributed by atoms with van der Waals surface area (Å²) in [5.41, 5.74) is 3.01. The average Bonchev–Trinajstić information content (AvgIpc) is 3.10. The molecule has 26 heavy (non-hydrogen) atoms. The molecule has 0 spiro atoms. The molecule has 2 aromatic rings.